The van der Waals surface area contributed by atoms with Crippen LogP contribution in [-0.2, 0) is 4.79 Å². The van der Waals surface area contributed by atoms with E-state index in [4.69, 9.17) is 0 Å². The number of rotatable bonds is 7. The smallest absolute Gasteiger partial charge is 0.251 e. The van der Waals surface area contributed by atoms with E-state index in [9.17, 15) is 14.0 Å². The lowest BCUT2D eigenvalue weighted by Crippen LogP contribution is -2.33. The van der Waals surface area contributed by atoms with E-state index in [-0.39, 0.29) is 36.1 Å². The highest BCUT2D eigenvalue weighted by Crippen LogP contribution is 2.21. The number of halogens is 1. The Balaban J connectivity index is 1.98. The summed E-state index contributed by atoms with van der Waals surface area (Å²) < 4.78 is 13.1. The molecular formula is C20H24FN3O2. The quantitative estimate of drug-likeness (QED) is 0.713. The molecule has 0 saturated carbocycles. The van der Waals surface area contributed by atoms with Crippen molar-refractivity contribution in [2.24, 2.45) is 5.92 Å². The molecule has 5 nitrogen and oxygen atoms in total. The first kappa shape index (κ1) is 19.6. The van der Waals surface area contributed by atoms with E-state index in [0.29, 0.717) is 11.3 Å². The van der Waals surface area contributed by atoms with Crippen LogP contribution in [0.15, 0.2) is 48.5 Å². The van der Waals surface area contributed by atoms with Crippen LogP contribution in [0.2, 0.25) is 0 Å². The fourth-order valence-electron chi connectivity index (χ4n) is 2.70. The zero-order chi connectivity index (χ0) is 19.1. The van der Waals surface area contributed by atoms with E-state index in [1.807, 2.05) is 13.8 Å². The average Bonchev–Trinajstić information content (AvgIpc) is 2.62. The Morgan fingerprint density at radius 3 is 2.38 bits per heavy atom. The molecular weight excluding hydrogens is 333 g/mol. The molecule has 0 aromatic heterocycles. The molecule has 6 heteroatoms. The molecule has 0 fully saturated rings. The van der Waals surface area contributed by atoms with Crippen molar-refractivity contribution in [2.75, 3.05) is 18.9 Å². The Hall–Kier alpha value is -2.73. The fraction of sp³-hybridized carbons (Fsp3) is 0.300. The first-order valence-corrected chi connectivity index (χ1v) is 8.51. The topological polar surface area (TPSA) is 70.2 Å². The number of amides is 2. The van der Waals surface area contributed by atoms with Gasteiger partial charge < -0.3 is 16.0 Å². The molecule has 2 amide bonds. The summed E-state index contributed by atoms with van der Waals surface area (Å²) >= 11 is 0. The number of benzene rings is 2. The van der Waals surface area contributed by atoms with Gasteiger partial charge in [0.2, 0.25) is 5.91 Å². The molecule has 1 atom stereocenters. The summed E-state index contributed by atoms with van der Waals surface area (Å²) in [6.45, 7) is 4.17. The Morgan fingerprint density at radius 1 is 1.08 bits per heavy atom. The molecule has 0 spiro atoms. The van der Waals surface area contributed by atoms with E-state index in [1.54, 1.807) is 43.4 Å². The Bertz CT molecular complexity index is 760. The predicted octanol–water partition coefficient (Wildman–Crippen LogP) is 3.11. The van der Waals surface area contributed by atoms with Gasteiger partial charge in [0.25, 0.3) is 5.91 Å². The van der Waals surface area contributed by atoms with Gasteiger partial charge in [-0.25, -0.2) is 4.39 Å². The molecule has 0 aliphatic carbocycles. The van der Waals surface area contributed by atoms with Crippen LogP contribution in [0.4, 0.5) is 10.1 Å². The zero-order valence-electron chi connectivity index (χ0n) is 15.2. The second kappa shape index (κ2) is 9.10. The molecule has 2 rings (SSSR count). The van der Waals surface area contributed by atoms with Gasteiger partial charge in [0.1, 0.15) is 5.82 Å². The first-order valence-electron chi connectivity index (χ1n) is 8.51. The monoisotopic (exact) mass is 357 g/mol. The van der Waals surface area contributed by atoms with Gasteiger partial charge in [-0.05, 0) is 41.8 Å². The van der Waals surface area contributed by atoms with Crippen molar-refractivity contribution in [3.63, 3.8) is 0 Å². The summed E-state index contributed by atoms with van der Waals surface area (Å²) in [6.07, 6.45) is 0. The third kappa shape index (κ3) is 5.39. The molecule has 2 aromatic carbocycles. The highest BCUT2D eigenvalue weighted by molar-refractivity contribution is 5.97. The van der Waals surface area contributed by atoms with Crippen LogP contribution in [0.5, 0.6) is 0 Å². The van der Waals surface area contributed by atoms with Gasteiger partial charge in [-0.15, -0.1) is 0 Å². The van der Waals surface area contributed by atoms with E-state index in [0.717, 1.165) is 5.56 Å². The fourth-order valence-corrected chi connectivity index (χ4v) is 2.70. The van der Waals surface area contributed by atoms with Crippen LogP contribution in [0.3, 0.4) is 0 Å². The minimum absolute atomic E-state index is 0.0708. The number of carbonyl (C=O) groups excluding carboxylic acids is 2. The summed E-state index contributed by atoms with van der Waals surface area (Å²) in [7, 11) is 1.55. The second-order valence-corrected chi connectivity index (χ2v) is 6.36. The lowest BCUT2D eigenvalue weighted by Gasteiger charge is -2.23. The van der Waals surface area contributed by atoms with Crippen LogP contribution >= 0.6 is 0 Å². The minimum atomic E-state index is -0.287. The van der Waals surface area contributed by atoms with E-state index >= 15 is 0 Å². The molecule has 0 heterocycles. The molecule has 0 aliphatic rings. The highest BCUT2D eigenvalue weighted by Gasteiger charge is 2.17. The van der Waals surface area contributed by atoms with Gasteiger partial charge in [-0.1, -0.05) is 32.0 Å². The number of carbonyl (C=O) groups is 2. The SMILES string of the molecule is CNC(=O)c1cccc(NC(=O)CN[C@H](c2ccc(F)cc2)C(C)C)c1. The number of hydrogen-bond acceptors (Lipinski definition) is 3. The molecule has 26 heavy (non-hydrogen) atoms. The summed E-state index contributed by atoms with van der Waals surface area (Å²) in [5.41, 5.74) is 1.96. The van der Waals surface area contributed by atoms with E-state index in [2.05, 4.69) is 16.0 Å². The number of anilines is 1. The standard InChI is InChI=1S/C20H24FN3O2/c1-13(2)19(14-7-9-16(21)10-8-14)23-12-18(25)24-17-6-4-5-15(11-17)20(26)22-3/h4-11,13,19,23H,12H2,1-3H3,(H,22,26)(H,24,25)/t19-/m0/s1. The second-order valence-electron chi connectivity index (χ2n) is 6.36. The molecule has 0 bridgehead atoms. The van der Waals surface area contributed by atoms with Gasteiger partial charge in [0, 0.05) is 24.3 Å². The minimum Gasteiger partial charge on any atom is -0.355 e. The third-order valence-electron chi connectivity index (χ3n) is 4.01. The molecule has 0 aliphatic heterocycles. The third-order valence-corrected chi connectivity index (χ3v) is 4.01. The maximum Gasteiger partial charge on any atom is 0.251 e. The zero-order valence-corrected chi connectivity index (χ0v) is 15.2. The van der Waals surface area contributed by atoms with E-state index < -0.39 is 0 Å². The first-order chi connectivity index (χ1) is 12.4. The van der Waals surface area contributed by atoms with Crippen LogP contribution in [-0.4, -0.2) is 25.4 Å². The van der Waals surface area contributed by atoms with Gasteiger partial charge in [-0.3, -0.25) is 9.59 Å². The molecule has 0 saturated heterocycles. The van der Waals surface area contributed by atoms with Crippen molar-refractivity contribution in [1.29, 1.82) is 0 Å². The summed E-state index contributed by atoms with van der Waals surface area (Å²) in [6, 6.07) is 12.9. The van der Waals surface area contributed by atoms with Crippen molar-refractivity contribution < 1.29 is 14.0 Å². The Morgan fingerprint density at radius 2 is 1.77 bits per heavy atom. The predicted molar refractivity (Wildman–Crippen MR) is 100 cm³/mol. The Labute approximate surface area is 153 Å². The van der Waals surface area contributed by atoms with Crippen molar-refractivity contribution in [1.82, 2.24) is 10.6 Å². The summed E-state index contributed by atoms with van der Waals surface area (Å²) in [4.78, 5) is 23.9. The highest BCUT2D eigenvalue weighted by atomic mass is 19.1. The maximum absolute atomic E-state index is 13.1. The van der Waals surface area contributed by atoms with E-state index in [1.165, 1.54) is 12.1 Å². The molecule has 2 aromatic rings. The van der Waals surface area contributed by atoms with Crippen LogP contribution in [0, 0.1) is 11.7 Å². The lowest BCUT2D eigenvalue weighted by molar-refractivity contribution is -0.115. The van der Waals surface area contributed by atoms with Gasteiger partial charge >= 0.3 is 0 Å². The average molecular weight is 357 g/mol. The molecule has 0 unspecified atom stereocenters. The molecule has 0 radical (unpaired) electrons. The van der Waals surface area contributed by atoms with Crippen LogP contribution in [0.1, 0.15) is 35.8 Å². The van der Waals surface area contributed by atoms with Gasteiger partial charge in [0.15, 0.2) is 0 Å². The summed E-state index contributed by atoms with van der Waals surface area (Å²) in [5, 5.41) is 8.53. The number of nitrogens with one attached hydrogen (secondary N) is 3. The molecule has 138 valence electrons. The van der Waals surface area contributed by atoms with Crippen molar-refractivity contribution >= 4 is 17.5 Å². The van der Waals surface area contributed by atoms with Crippen LogP contribution < -0.4 is 16.0 Å². The summed E-state index contributed by atoms with van der Waals surface area (Å²) in [5.74, 6) is -0.489. The maximum atomic E-state index is 13.1. The van der Waals surface area contributed by atoms with Crippen LogP contribution in [0.25, 0.3) is 0 Å². The van der Waals surface area contributed by atoms with Crippen molar-refractivity contribution in [3.05, 3.63) is 65.5 Å². The van der Waals surface area contributed by atoms with Crippen molar-refractivity contribution in [3.8, 4) is 0 Å². The van der Waals surface area contributed by atoms with Gasteiger partial charge in [-0.2, -0.15) is 0 Å². The Kier molecular flexibility index (Phi) is 6.86. The normalized spacial score (nSPS) is 11.9. The van der Waals surface area contributed by atoms with Gasteiger partial charge in [0.05, 0.1) is 6.54 Å². The number of hydrogen-bond donors (Lipinski definition) is 3. The molecule has 3 N–H and O–H groups in total. The van der Waals surface area contributed by atoms with Crippen molar-refractivity contribution in [2.45, 2.75) is 19.9 Å². The largest absolute Gasteiger partial charge is 0.355 e. The lowest BCUT2D eigenvalue weighted by atomic mass is 9.96.